The van der Waals surface area contributed by atoms with Crippen LogP contribution in [0.4, 0.5) is 5.69 Å². The first-order valence-corrected chi connectivity index (χ1v) is 9.21. The SMILES string of the molecule is CCC[C@H](Br)C(=O)NCCC(=O)Nc1ccc([C@@H](C)CC)cc1. The predicted octanol–water partition coefficient (Wildman–Crippen LogP) is 4.21. The minimum Gasteiger partial charge on any atom is -0.355 e. The zero-order chi connectivity index (χ0) is 17.2. The lowest BCUT2D eigenvalue weighted by molar-refractivity contribution is -0.120. The van der Waals surface area contributed by atoms with Gasteiger partial charge in [0.1, 0.15) is 0 Å². The predicted molar refractivity (Wildman–Crippen MR) is 99.0 cm³/mol. The van der Waals surface area contributed by atoms with E-state index in [0.29, 0.717) is 12.5 Å². The van der Waals surface area contributed by atoms with Gasteiger partial charge in [-0.15, -0.1) is 0 Å². The fourth-order valence-corrected chi connectivity index (χ4v) is 2.77. The van der Waals surface area contributed by atoms with Gasteiger partial charge in [-0.2, -0.15) is 0 Å². The number of amides is 2. The highest BCUT2D eigenvalue weighted by atomic mass is 79.9. The first-order chi connectivity index (χ1) is 11.0. The van der Waals surface area contributed by atoms with E-state index in [1.54, 1.807) is 0 Å². The van der Waals surface area contributed by atoms with Crippen LogP contribution in [0, 0.1) is 0 Å². The van der Waals surface area contributed by atoms with Crippen molar-refractivity contribution >= 4 is 33.4 Å². The van der Waals surface area contributed by atoms with Crippen LogP contribution in [0.1, 0.15) is 57.9 Å². The summed E-state index contributed by atoms with van der Waals surface area (Å²) in [5.41, 5.74) is 2.06. The van der Waals surface area contributed by atoms with Gasteiger partial charge in [0.25, 0.3) is 0 Å². The summed E-state index contributed by atoms with van der Waals surface area (Å²) in [6, 6.07) is 7.94. The third kappa shape index (κ3) is 7.16. The van der Waals surface area contributed by atoms with Crippen molar-refractivity contribution < 1.29 is 9.59 Å². The van der Waals surface area contributed by atoms with E-state index in [2.05, 4.69) is 40.4 Å². The van der Waals surface area contributed by atoms with Crippen molar-refractivity contribution in [3.63, 3.8) is 0 Å². The molecule has 0 heterocycles. The molecule has 4 nitrogen and oxygen atoms in total. The zero-order valence-corrected chi connectivity index (χ0v) is 15.8. The van der Waals surface area contributed by atoms with E-state index in [-0.39, 0.29) is 23.1 Å². The molecule has 0 fully saturated rings. The largest absolute Gasteiger partial charge is 0.355 e. The van der Waals surface area contributed by atoms with E-state index in [1.165, 1.54) is 5.56 Å². The molecular formula is C18H27BrN2O2. The second kappa shape index (κ2) is 10.4. The molecule has 1 aromatic rings. The van der Waals surface area contributed by atoms with Crippen molar-refractivity contribution in [1.29, 1.82) is 0 Å². The maximum absolute atomic E-state index is 11.9. The molecule has 2 atom stereocenters. The smallest absolute Gasteiger partial charge is 0.233 e. The molecule has 5 heteroatoms. The lowest BCUT2D eigenvalue weighted by Gasteiger charge is -2.11. The van der Waals surface area contributed by atoms with Crippen molar-refractivity contribution in [3.8, 4) is 0 Å². The summed E-state index contributed by atoms with van der Waals surface area (Å²) in [4.78, 5) is 23.4. The second-order valence-electron chi connectivity index (χ2n) is 5.78. The monoisotopic (exact) mass is 382 g/mol. The molecule has 1 aromatic carbocycles. The summed E-state index contributed by atoms with van der Waals surface area (Å²) >= 11 is 3.34. The zero-order valence-electron chi connectivity index (χ0n) is 14.2. The molecule has 0 aliphatic rings. The number of benzene rings is 1. The maximum atomic E-state index is 11.9. The number of carbonyl (C=O) groups is 2. The van der Waals surface area contributed by atoms with E-state index in [0.717, 1.165) is 24.9 Å². The fourth-order valence-electron chi connectivity index (χ4n) is 2.15. The van der Waals surface area contributed by atoms with E-state index in [4.69, 9.17) is 0 Å². The minimum absolute atomic E-state index is 0.0578. The van der Waals surface area contributed by atoms with Crippen LogP contribution < -0.4 is 10.6 Å². The molecule has 0 saturated carbocycles. The van der Waals surface area contributed by atoms with Gasteiger partial charge in [-0.3, -0.25) is 9.59 Å². The lowest BCUT2D eigenvalue weighted by atomic mass is 9.99. The van der Waals surface area contributed by atoms with Crippen LogP contribution >= 0.6 is 15.9 Å². The standard InChI is InChI=1S/C18H27BrN2O2/c1-4-6-16(19)18(23)20-12-11-17(22)21-15-9-7-14(8-10-15)13(3)5-2/h7-10,13,16H,4-6,11-12H2,1-3H3,(H,20,23)(H,21,22)/t13-,16-/m0/s1. The van der Waals surface area contributed by atoms with Gasteiger partial charge in [0.15, 0.2) is 0 Å². The average Bonchev–Trinajstić information content (AvgIpc) is 2.54. The minimum atomic E-state index is -0.177. The molecule has 23 heavy (non-hydrogen) atoms. The van der Waals surface area contributed by atoms with Gasteiger partial charge >= 0.3 is 0 Å². The molecule has 2 amide bonds. The Labute approximate surface area is 147 Å². The molecule has 0 aliphatic carbocycles. The lowest BCUT2D eigenvalue weighted by Crippen LogP contribution is -2.33. The summed E-state index contributed by atoms with van der Waals surface area (Å²) in [5, 5.41) is 5.62. The number of hydrogen-bond donors (Lipinski definition) is 2. The summed E-state index contributed by atoms with van der Waals surface area (Å²) < 4.78 is 0. The average molecular weight is 383 g/mol. The molecule has 0 bridgehead atoms. The topological polar surface area (TPSA) is 58.2 Å². The van der Waals surface area contributed by atoms with Crippen LogP contribution in [0.25, 0.3) is 0 Å². The van der Waals surface area contributed by atoms with Crippen LogP contribution in [0.5, 0.6) is 0 Å². The number of anilines is 1. The first kappa shape index (κ1) is 19.7. The molecule has 0 aromatic heterocycles. The Bertz CT molecular complexity index is 502. The van der Waals surface area contributed by atoms with E-state index in [9.17, 15) is 9.59 Å². The Morgan fingerprint density at radius 1 is 1.17 bits per heavy atom. The number of alkyl halides is 1. The van der Waals surface area contributed by atoms with Crippen LogP contribution in [0.2, 0.25) is 0 Å². The van der Waals surface area contributed by atoms with Crippen LogP contribution in [0.15, 0.2) is 24.3 Å². The number of hydrogen-bond acceptors (Lipinski definition) is 2. The van der Waals surface area contributed by atoms with Crippen LogP contribution in [0.3, 0.4) is 0 Å². The van der Waals surface area contributed by atoms with E-state index in [1.807, 2.05) is 31.2 Å². The first-order valence-electron chi connectivity index (χ1n) is 8.29. The summed E-state index contributed by atoms with van der Waals surface area (Å²) in [6.07, 6.45) is 3.10. The van der Waals surface area contributed by atoms with Crippen molar-refractivity contribution in [2.45, 2.75) is 57.2 Å². The number of nitrogens with one attached hydrogen (secondary N) is 2. The van der Waals surface area contributed by atoms with Crippen molar-refractivity contribution in [2.24, 2.45) is 0 Å². The summed E-state index contributed by atoms with van der Waals surface area (Å²) in [6.45, 7) is 6.72. The quantitative estimate of drug-likeness (QED) is 0.628. The Balaban J connectivity index is 2.35. The molecule has 2 N–H and O–H groups in total. The van der Waals surface area contributed by atoms with Crippen molar-refractivity contribution in [3.05, 3.63) is 29.8 Å². The molecule has 0 unspecified atom stereocenters. The Kier molecular flexibility index (Phi) is 8.92. The molecule has 0 spiro atoms. The molecule has 0 aliphatic heterocycles. The third-order valence-corrected chi connectivity index (χ3v) is 4.73. The van der Waals surface area contributed by atoms with Gasteiger partial charge in [-0.1, -0.05) is 55.3 Å². The molecule has 0 radical (unpaired) electrons. The Morgan fingerprint density at radius 3 is 2.39 bits per heavy atom. The van der Waals surface area contributed by atoms with Crippen molar-refractivity contribution in [2.75, 3.05) is 11.9 Å². The molecular weight excluding hydrogens is 356 g/mol. The van der Waals surface area contributed by atoms with E-state index < -0.39 is 0 Å². The second-order valence-corrected chi connectivity index (χ2v) is 6.88. The van der Waals surface area contributed by atoms with Gasteiger partial charge in [0.05, 0.1) is 4.83 Å². The maximum Gasteiger partial charge on any atom is 0.233 e. The highest BCUT2D eigenvalue weighted by molar-refractivity contribution is 9.10. The Hall–Kier alpha value is -1.36. The van der Waals surface area contributed by atoms with Gasteiger partial charge in [0.2, 0.25) is 11.8 Å². The highest BCUT2D eigenvalue weighted by Crippen LogP contribution is 2.20. The van der Waals surface area contributed by atoms with Crippen LogP contribution in [-0.2, 0) is 9.59 Å². The summed E-state index contributed by atoms with van der Waals surface area (Å²) in [5.74, 6) is 0.371. The fraction of sp³-hybridized carbons (Fsp3) is 0.556. The van der Waals surface area contributed by atoms with Gasteiger partial charge in [-0.25, -0.2) is 0 Å². The summed E-state index contributed by atoms with van der Waals surface area (Å²) in [7, 11) is 0. The van der Waals surface area contributed by atoms with Gasteiger partial charge in [0, 0.05) is 18.7 Å². The number of carbonyl (C=O) groups excluding carboxylic acids is 2. The highest BCUT2D eigenvalue weighted by Gasteiger charge is 2.13. The molecule has 0 saturated heterocycles. The van der Waals surface area contributed by atoms with Gasteiger partial charge < -0.3 is 10.6 Å². The Morgan fingerprint density at radius 2 is 1.83 bits per heavy atom. The van der Waals surface area contributed by atoms with Crippen molar-refractivity contribution in [1.82, 2.24) is 5.32 Å². The molecule has 1 rings (SSSR count). The number of rotatable bonds is 9. The normalized spacial score (nSPS) is 13.2. The number of halogens is 1. The van der Waals surface area contributed by atoms with Gasteiger partial charge in [-0.05, 0) is 36.5 Å². The molecule has 128 valence electrons. The van der Waals surface area contributed by atoms with E-state index >= 15 is 0 Å². The third-order valence-electron chi connectivity index (χ3n) is 3.85. The van der Waals surface area contributed by atoms with Crippen LogP contribution in [-0.4, -0.2) is 23.2 Å².